The molecule has 1 rings (SSSR count). The molecule has 0 fully saturated rings. The second-order valence-electron chi connectivity index (χ2n) is 3.04. The maximum Gasteiger partial charge on any atom is 0.344 e. The summed E-state index contributed by atoms with van der Waals surface area (Å²) in [5.41, 5.74) is 0.139. The molecule has 1 N–H and O–H groups in total. The fourth-order valence-corrected chi connectivity index (χ4v) is 1.58. The van der Waals surface area contributed by atoms with E-state index in [1.54, 1.807) is 6.92 Å². The summed E-state index contributed by atoms with van der Waals surface area (Å²) in [5.74, 6) is -1.10. The molecule has 0 spiro atoms. The lowest BCUT2D eigenvalue weighted by Gasteiger charge is -2.08. The average molecular weight is 303 g/mol. The molecule has 0 aliphatic carbocycles. The smallest absolute Gasteiger partial charge is 0.344 e. The van der Waals surface area contributed by atoms with E-state index in [-0.39, 0.29) is 12.2 Å². The van der Waals surface area contributed by atoms with Gasteiger partial charge in [0.15, 0.2) is 6.61 Å². The Morgan fingerprint density at radius 2 is 2.12 bits per heavy atom. The van der Waals surface area contributed by atoms with Crippen molar-refractivity contribution in [1.82, 2.24) is 0 Å². The first kappa shape index (κ1) is 13.5. The summed E-state index contributed by atoms with van der Waals surface area (Å²) in [5, 5.41) is 8.75. The molecule has 92 valence electrons. The molecule has 5 nitrogen and oxygen atoms in total. The molecule has 0 unspecified atom stereocenters. The molecule has 0 amide bonds. The third-order valence-electron chi connectivity index (χ3n) is 1.83. The summed E-state index contributed by atoms with van der Waals surface area (Å²) in [6, 6.07) is 4.28. The van der Waals surface area contributed by atoms with Gasteiger partial charge >= 0.3 is 11.9 Å². The number of halogens is 1. The van der Waals surface area contributed by atoms with E-state index in [0.29, 0.717) is 16.8 Å². The quantitative estimate of drug-likeness (QED) is 0.843. The van der Waals surface area contributed by atoms with Crippen LogP contribution in [0.5, 0.6) is 5.75 Å². The van der Waals surface area contributed by atoms with Gasteiger partial charge in [0.2, 0.25) is 0 Å². The number of carboxylic acids is 1. The van der Waals surface area contributed by atoms with Gasteiger partial charge < -0.3 is 14.6 Å². The van der Waals surface area contributed by atoms with E-state index in [4.69, 9.17) is 14.6 Å². The Morgan fingerprint density at radius 1 is 1.41 bits per heavy atom. The Morgan fingerprint density at radius 3 is 2.65 bits per heavy atom. The van der Waals surface area contributed by atoms with Crippen LogP contribution in [0.3, 0.4) is 0 Å². The van der Waals surface area contributed by atoms with E-state index in [2.05, 4.69) is 15.9 Å². The number of aromatic carboxylic acids is 1. The Labute approximate surface area is 106 Å². The highest BCUT2D eigenvalue weighted by Gasteiger charge is 2.09. The Hall–Kier alpha value is -1.56. The van der Waals surface area contributed by atoms with Crippen molar-refractivity contribution < 1.29 is 24.2 Å². The van der Waals surface area contributed by atoms with Crippen LogP contribution in [0.4, 0.5) is 0 Å². The summed E-state index contributed by atoms with van der Waals surface area (Å²) in [7, 11) is 0. The number of benzene rings is 1. The SMILES string of the molecule is CCOC(=O)COc1ccc(C(=O)O)cc1Br. The van der Waals surface area contributed by atoms with Crippen LogP contribution in [0.25, 0.3) is 0 Å². The van der Waals surface area contributed by atoms with Crippen LogP contribution in [0.15, 0.2) is 22.7 Å². The van der Waals surface area contributed by atoms with Gasteiger partial charge in [-0.25, -0.2) is 9.59 Å². The molecule has 0 aromatic heterocycles. The van der Waals surface area contributed by atoms with Crippen molar-refractivity contribution in [1.29, 1.82) is 0 Å². The zero-order valence-electron chi connectivity index (χ0n) is 9.10. The van der Waals surface area contributed by atoms with E-state index in [1.165, 1.54) is 18.2 Å². The molecule has 0 saturated carbocycles. The normalized spacial score (nSPS) is 9.76. The number of carboxylic acid groups (broad SMARTS) is 1. The second-order valence-corrected chi connectivity index (χ2v) is 3.90. The highest BCUT2D eigenvalue weighted by atomic mass is 79.9. The lowest BCUT2D eigenvalue weighted by Crippen LogP contribution is -2.14. The predicted octanol–water partition coefficient (Wildman–Crippen LogP) is 2.09. The van der Waals surface area contributed by atoms with Crippen LogP contribution in [0.1, 0.15) is 17.3 Å². The fraction of sp³-hybridized carbons (Fsp3) is 0.273. The predicted molar refractivity (Wildman–Crippen MR) is 63.2 cm³/mol. The molecule has 0 aliphatic heterocycles. The van der Waals surface area contributed by atoms with E-state index in [0.717, 1.165) is 0 Å². The standard InChI is InChI=1S/C11H11BrO5/c1-2-16-10(13)6-17-9-4-3-7(11(14)15)5-8(9)12/h3-5H,2,6H2,1H3,(H,14,15). The van der Waals surface area contributed by atoms with Gasteiger partial charge in [-0.3, -0.25) is 0 Å². The first-order chi connectivity index (χ1) is 8.04. The molecular formula is C11H11BrO5. The van der Waals surface area contributed by atoms with Crippen molar-refractivity contribution in [2.45, 2.75) is 6.92 Å². The number of carbonyl (C=O) groups excluding carboxylic acids is 1. The summed E-state index contributed by atoms with van der Waals surface area (Å²) in [6.45, 7) is 1.79. The molecule has 6 heteroatoms. The van der Waals surface area contributed by atoms with E-state index < -0.39 is 11.9 Å². The minimum atomic E-state index is -1.03. The van der Waals surface area contributed by atoms with Crippen LogP contribution >= 0.6 is 15.9 Å². The molecule has 0 atom stereocenters. The Balaban J connectivity index is 2.66. The van der Waals surface area contributed by atoms with E-state index in [1.807, 2.05) is 0 Å². The third kappa shape index (κ3) is 4.07. The lowest BCUT2D eigenvalue weighted by molar-refractivity contribution is -0.145. The van der Waals surface area contributed by atoms with Gasteiger partial charge in [-0.2, -0.15) is 0 Å². The lowest BCUT2D eigenvalue weighted by atomic mass is 10.2. The van der Waals surface area contributed by atoms with Gasteiger partial charge in [0.25, 0.3) is 0 Å². The topological polar surface area (TPSA) is 72.8 Å². The van der Waals surface area contributed by atoms with Crippen molar-refractivity contribution in [2.75, 3.05) is 13.2 Å². The molecule has 1 aromatic rings. The number of esters is 1. The summed E-state index contributed by atoms with van der Waals surface area (Å²) in [6.07, 6.45) is 0. The van der Waals surface area contributed by atoms with Crippen molar-refractivity contribution in [3.05, 3.63) is 28.2 Å². The van der Waals surface area contributed by atoms with Gasteiger partial charge in [0.05, 0.1) is 16.6 Å². The van der Waals surface area contributed by atoms with Gasteiger partial charge in [-0.05, 0) is 41.1 Å². The van der Waals surface area contributed by atoms with Gasteiger partial charge in [0.1, 0.15) is 5.75 Å². The molecule has 0 bridgehead atoms. The van der Waals surface area contributed by atoms with Crippen LogP contribution in [-0.2, 0) is 9.53 Å². The Bertz CT molecular complexity index is 430. The van der Waals surface area contributed by atoms with Crippen molar-refractivity contribution in [2.24, 2.45) is 0 Å². The largest absolute Gasteiger partial charge is 0.481 e. The first-order valence-corrected chi connectivity index (χ1v) is 5.65. The van der Waals surface area contributed by atoms with E-state index >= 15 is 0 Å². The van der Waals surface area contributed by atoms with Crippen LogP contribution < -0.4 is 4.74 Å². The minimum absolute atomic E-state index is 0.139. The number of carbonyl (C=O) groups is 2. The zero-order valence-corrected chi connectivity index (χ0v) is 10.7. The molecule has 1 aromatic carbocycles. The minimum Gasteiger partial charge on any atom is -0.481 e. The van der Waals surface area contributed by atoms with Crippen molar-refractivity contribution in [3.8, 4) is 5.75 Å². The van der Waals surface area contributed by atoms with Gasteiger partial charge in [-0.1, -0.05) is 0 Å². The number of rotatable bonds is 5. The Kier molecular flexibility index (Phi) is 4.96. The number of ether oxygens (including phenoxy) is 2. The third-order valence-corrected chi connectivity index (χ3v) is 2.45. The van der Waals surface area contributed by atoms with Crippen LogP contribution in [0, 0.1) is 0 Å². The number of hydrogen-bond donors (Lipinski definition) is 1. The summed E-state index contributed by atoms with van der Waals surface area (Å²) >= 11 is 3.16. The highest BCUT2D eigenvalue weighted by molar-refractivity contribution is 9.10. The maximum atomic E-state index is 11.0. The molecule has 17 heavy (non-hydrogen) atoms. The van der Waals surface area contributed by atoms with Crippen LogP contribution in [-0.4, -0.2) is 30.3 Å². The second kappa shape index (κ2) is 6.24. The first-order valence-electron chi connectivity index (χ1n) is 4.86. The van der Waals surface area contributed by atoms with Gasteiger partial charge in [-0.15, -0.1) is 0 Å². The maximum absolute atomic E-state index is 11.0. The van der Waals surface area contributed by atoms with Crippen molar-refractivity contribution in [3.63, 3.8) is 0 Å². The van der Waals surface area contributed by atoms with Gasteiger partial charge in [0, 0.05) is 0 Å². The average Bonchev–Trinajstić information content (AvgIpc) is 2.27. The van der Waals surface area contributed by atoms with Crippen LogP contribution in [0.2, 0.25) is 0 Å². The molecule has 0 saturated heterocycles. The molecule has 0 heterocycles. The highest BCUT2D eigenvalue weighted by Crippen LogP contribution is 2.25. The number of hydrogen-bond acceptors (Lipinski definition) is 4. The molecule has 0 aliphatic rings. The summed E-state index contributed by atoms with van der Waals surface area (Å²) < 4.78 is 10.3. The molecular weight excluding hydrogens is 292 g/mol. The van der Waals surface area contributed by atoms with Crippen molar-refractivity contribution >= 4 is 27.9 Å². The molecule has 0 radical (unpaired) electrons. The zero-order chi connectivity index (χ0) is 12.8. The fourth-order valence-electron chi connectivity index (χ4n) is 1.09. The summed E-state index contributed by atoms with van der Waals surface area (Å²) in [4.78, 5) is 21.7. The van der Waals surface area contributed by atoms with E-state index in [9.17, 15) is 9.59 Å². The monoisotopic (exact) mass is 302 g/mol.